The molecule has 0 aliphatic rings. The van der Waals surface area contributed by atoms with Crippen molar-refractivity contribution in [2.24, 2.45) is 5.84 Å². The molecule has 0 saturated carbocycles. The Morgan fingerprint density at radius 1 is 1.36 bits per heavy atom. The van der Waals surface area contributed by atoms with Crippen LogP contribution in [0.3, 0.4) is 0 Å². The fourth-order valence-corrected chi connectivity index (χ4v) is 1.04. The van der Waals surface area contributed by atoms with E-state index < -0.39 is 0 Å². The molecular formula is C10H24N2O2. The minimum atomic E-state index is -0.101. The van der Waals surface area contributed by atoms with Crippen LogP contribution in [0.1, 0.15) is 33.6 Å². The summed E-state index contributed by atoms with van der Waals surface area (Å²) in [6.07, 6.45) is 1.97. The van der Waals surface area contributed by atoms with Gasteiger partial charge in [0.05, 0.1) is 12.2 Å². The van der Waals surface area contributed by atoms with Crippen LogP contribution in [-0.2, 0) is 9.47 Å². The van der Waals surface area contributed by atoms with Gasteiger partial charge in [0.2, 0.25) is 0 Å². The van der Waals surface area contributed by atoms with Crippen LogP contribution in [0.4, 0.5) is 0 Å². The van der Waals surface area contributed by atoms with Gasteiger partial charge < -0.3 is 9.47 Å². The molecule has 0 radical (unpaired) electrons. The summed E-state index contributed by atoms with van der Waals surface area (Å²) in [5, 5.41) is 0. The van der Waals surface area contributed by atoms with E-state index in [9.17, 15) is 0 Å². The van der Waals surface area contributed by atoms with E-state index in [2.05, 4.69) is 5.43 Å². The monoisotopic (exact) mass is 204 g/mol. The lowest BCUT2D eigenvalue weighted by molar-refractivity contribution is -0.0162. The predicted molar refractivity (Wildman–Crippen MR) is 57.9 cm³/mol. The summed E-state index contributed by atoms with van der Waals surface area (Å²) in [6, 6.07) is 0.212. The Kier molecular flexibility index (Phi) is 7.09. The number of rotatable bonds is 7. The number of nitrogens with one attached hydrogen (secondary N) is 1. The van der Waals surface area contributed by atoms with Crippen molar-refractivity contribution >= 4 is 0 Å². The van der Waals surface area contributed by atoms with Crippen LogP contribution in [0.25, 0.3) is 0 Å². The Balaban J connectivity index is 3.58. The van der Waals surface area contributed by atoms with Gasteiger partial charge in [0.1, 0.15) is 0 Å². The first-order valence-electron chi connectivity index (χ1n) is 5.08. The van der Waals surface area contributed by atoms with Crippen molar-refractivity contribution in [3.05, 3.63) is 0 Å². The van der Waals surface area contributed by atoms with Gasteiger partial charge in [0, 0.05) is 19.8 Å². The highest BCUT2D eigenvalue weighted by Gasteiger charge is 2.14. The SMILES string of the molecule is COCCCC(COC(C)(C)C)NN. The van der Waals surface area contributed by atoms with E-state index in [1.54, 1.807) is 7.11 Å². The summed E-state index contributed by atoms with van der Waals surface area (Å²) >= 11 is 0. The molecule has 4 heteroatoms. The third kappa shape index (κ3) is 8.44. The molecule has 0 amide bonds. The number of hydrogen-bond acceptors (Lipinski definition) is 4. The first-order valence-corrected chi connectivity index (χ1v) is 5.08. The average Bonchev–Trinajstić information content (AvgIpc) is 2.09. The Labute approximate surface area is 87.1 Å². The first-order chi connectivity index (χ1) is 6.49. The van der Waals surface area contributed by atoms with Crippen LogP contribution in [-0.4, -0.2) is 32.0 Å². The quantitative estimate of drug-likeness (QED) is 0.370. The highest BCUT2D eigenvalue weighted by atomic mass is 16.5. The number of hydrazine groups is 1. The molecular weight excluding hydrogens is 180 g/mol. The second-order valence-corrected chi connectivity index (χ2v) is 4.42. The van der Waals surface area contributed by atoms with E-state index in [0.717, 1.165) is 19.4 Å². The molecule has 0 spiro atoms. The van der Waals surface area contributed by atoms with Crippen LogP contribution in [0.15, 0.2) is 0 Å². The molecule has 0 heterocycles. The molecule has 0 aromatic rings. The van der Waals surface area contributed by atoms with E-state index in [0.29, 0.717) is 6.61 Å². The molecule has 0 fully saturated rings. The van der Waals surface area contributed by atoms with Crippen LogP contribution in [0.5, 0.6) is 0 Å². The van der Waals surface area contributed by atoms with Gasteiger partial charge in [-0.3, -0.25) is 11.3 Å². The van der Waals surface area contributed by atoms with Crippen molar-refractivity contribution in [3.8, 4) is 0 Å². The number of methoxy groups -OCH3 is 1. The molecule has 0 saturated heterocycles. The van der Waals surface area contributed by atoms with Crippen molar-refractivity contribution in [3.63, 3.8) is 0 Å². The van der Waals surface area contributed by atoms with E-state index in [4.69, 9.17) is 15.3 Å². The molecule has 3 N–H and O–H groups in total. The van der Waals surface area contributed by atoms with Gasteiger partial charge >= 0.3 is 0 Å². The molecule has 0 aliphatic heterocycles. The lowest BCUT2D eigenvalue weighted by Crippen LogP contribution is -2.40. The molecule has 0 rings (SSSR count). The van der Waals surface area contributed by atoms with Gasteiger partial charge in [-0.1, -0.05) is 0 Å². The second kappa shape index (κ2) is 7.17. The largest absolute Gasteiger partial charge is 0.385 e. The molecule has 0 aromatic heterocycles. The summed E-state index contributed by atoms with van der Waals surface area (Å²) in [4.78, 5) is 0. The van der Waals surface area contributed by atoms with Gasteiger partial charge in [0.25, 0.3) is 0 Å². The van der Waals surface area contributed by atoms with Crippen molar-refractivity contribution in [2.75, 3.05) is 20.3 Å². The molecule has 14 heavy (non-hydrogen) atoms. The first kappa shape index (κ1) is 13.8. The highest BCUT2D eigenvalue weighted by molar-refractivity contribution is 4.66. The fourth-order valence-electron chi connectivity index (χ4n) is 1.04. The van der Waals surface area contributed by atoms with Crippen LogP contribution >= 0.6 is 0 Å². The summed E-state index contributed by atoms with van der Waals surface area (Å²) in [5.41, 5.74) is 2.65. The third-order valence-electron chi connectivity index (χ3n) is 1.85. The second-order valence-electron chi connectivity index (χ2n) is 4.42. The molecule has 0 aromatic carbocycles. The normalized spacial score (nSPS) is 14.4. The standard InChI is InChI=1S/C10H24N2O2/c1-10(2,3)14-8-9(12-11)6-5-7-13-4/h9,12H,5-8,11H2,1-4H3. The lowest BCUT2D eigenvalue weighted by atomic mass is 10.1. The van der Waals surface area contributed by atoms with Crippen molar-refractivity contribution in [2.45, 2.75) is 45.3 Å². The van der Waals surface area contributed by atoms with Gasteiger partial charge in [-0.05, 0) is 33.6 Å². The number of hydrogen-bond donors (Lipinski definition) is 2. The summed E-state index contributed by atoms with van der Waals surface area (Å²) in [6.45, 7) is 7.53. The topological polar surface area (TPSA) is 56.5 Å². The third-order valence-corrected chi connectivity index (χ3v) is 1.85. The maximum atomic E-state index is 5.63. The Morgan fingerprint density at radius 3 is 2.43 bits per heavy atom. The van der Waals surface area contributed by atoms with Gasteiger partial charge in [-0.25, -0.2) is 0 Å². The molecule has 1 atom stereocenters. The Bertz CT molecular complexity index is 135. The fraction of sp³-hybridized carbons (Fsp3) is 1.00. The van der Waals surface area contributed by atoms with Crippen molar-refractivity contribution in [1.29, 1.82) is 0 Å². The smallest absolute Gasteiger partial charge is 0.0640 e. The van der Waals surface area contributed by atoms with Crippen LogP contribution < -0.4 is 11.3 Å². The number of ether oxygens (including phenoxy) is 2. The van der Waals surface area contributed by atoms with E-state index in [1.165, 1.54) is 0 Å². The summed E-state index contributed by atoms with van der Waals surface area (Å²) in [7, 11) is 1.70. The molecule has 0 aliphatic carbocycles. The minimum Gasteiger partial charge on any atom is -0.385 e. The minimum absolute atomic E-state index is 0.101. The maximum absolute atomic E-state index is 5.63. The van der Waals surface area contributed by atoms with E-state index in [-0.39, 0.29) is 11.6 Å². The van der Waals surface area contributed by atoms with E-state index in [1.807, 2.05) is 20.8 Å². The maximum Gasteiger partial charge on any atom is 0.0640 e. The van der Waals surface area contributed by atoms with Gasteiger partial charge in [-0.15, -0.1) is 0 Å². The zero-order valence-corrected chi connectivity index (χ0v) is 9.80. The number of nitrogens with two attached hydrogens (primary N) is 1. The molecule has 86 valence electrons. The Morgan fingerprint density at radius 2 is 2.00 bits per heavy atom. The van der Waals surface area contributed by atoms with Gasteiger partial charge in [0.15, 0.2) is 0 Å². The van der Waals surface area contributed by atoms with Crippen molar-refractivity contribution < 1.29 is 9.47 Å². The molecule has 1 unspecified atom stereocenters. The van der Waals surface area contributed by atoms with Gasteiger partial charge in [-0.2, -0.15) is 0 Å². The lowest BCUT2D eigenvalue weighted by Gasteiger charge is -2.24. The van der Waals surface area contributed by atoms with Crippen LogP contribution in [0.2, 0.25) is 0 Å². The summed E-state index contributed by atoms with van der Waals surface area (Å²) in [5.74, 6) is 5.41. The zero-order valence-electron chi connectivity index (χ0n) is 9.80. The summed E-state index contributed by atoms with van der Waals surface area (Å²) < 4.78 is 10.6. The van der Waals surface area contributed by atoms with Crippen LogP contribution in [0, 0.1) is 0 Å². The average molecular weight is 204 g/mol. The Hall–Kier alpha value is -0.160. The van der Waals surface area contributed by atoms with E-state index >= 15 is 0 Å². The predicted octanol–water partition coefficient (Wildman–Crippen LogP) is 1.06. The van der Waals surface area contributed by atoms with Crippen molar-refractivity contribution in [1.82, 2.24) is 5.43 Å². The molecule has 0 bridgehead atoms. The zero-order chi connectivity index (χ0) is 11.0. The molecule has 4 nitrogen and oxygen atoms in total. The highest BCUT2D eigenvalue weighted by Crippen LogP contribution is 2.08.